The summed E-state index contributed by atoms with van der Waals surface area (Å²) < 4.78 is 5.19. The molecule has 0 fully saturated rings. The second-order valence-electron chi connectivity index (χ2n) is 2.85. The van der Waals surface area contributed by atoms with E-state index >= 15 is 0 Å². The molecule has 0 aliphatic carbocycles. The van der Waals surface area contributed by atoms with E-state index in [0.29, 0.717) is 5.92 Å². The molecular formula is C8H18O2. The lowest BCUT2D eigenvalue weighted by molar-refractivity contribution is 0.0862. The monoisotopic (exact) mass is 146 g/mol. The standard InChI is InChI=1S/C8H18O2/c1-4-10-6-7(2)5-8(3)9/h7-9H,4-6H2,1-3H3. The molecule has 2 unspecified atom stereocenters. The maximum atomic E-state index is 8.97. The predicted octanol–water partition coefficient (Wildman–Crippen LogP) is 1.43. The zero-order valence-electron chi connectivity index (χ0n) is 7.13. The van der Waals surface area contributed by atoms with Crippen molar-refractivity contribution < 1.29 is 9.84 Å². The molecule has 0 aliphatic heterocycles. The quantitative estimate of drug-likeness (QED) is 0.635. The molecule has 0 aromatic heterocycles. The van der Waals surface area contributed by atoms with Crippen LogP contribution in [-0.4, -0.2) is 24.4 Å². The molecular weight excluding hydrogens is 128 g/mol. The van der Waals surface area contributed by atoms with Crippen LogP contribution in [-0.2, 0) is 4.74 Å². The van der Waals surface area contributed by atoms with E-state index in [1.807, 2.05) is 13.8 Å². The van der Waals surface area contributed by atoms with Gasteiger partial charge in [0.2, 0.25) is 0 Å². The lowest BCUT2D eigenvalue weighted by Gasteiger charge is -2.12. The van der Waals surface area contributed by atoms with Gasteiger partial charge in [-0.3, -0.25) is 0 Å². The molecule has 0 radical (unpaired) electrons. The van der Waals surface area contributed by atoms with E-state index in [0.717, 1.165) is 19.6 Å². The summed E-state index contributed by atoms with van der Waals surface area (Å²) in [6.45, 7) is 7.41. The minimum absolute atomic E-state index is 0.199. The maximum Gasteiger partial charge on any atom is 0.0515 e. The van der Waals surface area contributed by atoms with Crippen molar-refractivity contribution in [1.82, 2.24) is 0 Å². The van der Waals surface area contributed by atoms with Gasteiger partial charge in [0.15, 0.2) is 0 Å². The minimum atomic E-state index is -0.199. The highest BCUT2D eigenvalue weighted by Gasteiger charge is 2.04. The van der Waals surface area contributed by atoms with Crippen molar-refractivity contribution >= 4 is 0 Å². The van der Waals surface area contributed by atoms with Gasteiger partial charge in [-0.1, -0.05) is 6.92 Å². The molecule has 0 spiro atoms. The maximum absolute atomic E-state index is 8.97. The van der Waals surface area contributed by atoms with Gasteiger partial charge in [0.1, 0.15) is 0 Å². The molecule has 10 heavy (non-hydrogen) atoms. The first kappa shape index (κ1) is 9.92. The van der Waals surface area contributed by atoms with Crippen LogP contribution in [0, 0.1) is 5.92 Å². The Balaban J connectivity index is 3.16. The van der Waals surface area contributed by atoms with E-state index in [4.69, 9.17) is 9.84 Å². The first-order valence-corrected chi connectivity index (χ1v) is 3.92. The van der Waals surface area contributed by atoms with Crippen molar-refractivity contribution in [2.75, 3.05) is 13.2 Å². The Morgan fingerprint density at radius 1 is 1.40 bits per heavy atom. The fourth-order valence-corrected chi connectivity index (χ4v) is 0.969. The highest BCUT2D eigenvalue weighted by atomic mass is 16.5. The summed E-state index contributed by atoms with van der Waals surface area (Å²) in [7, 11) is 0. The average Bonchev–Trinajstić information content (AvgIpc) is 1.82. The van der Waals surface area contributed by atoms with Gasteiger partial charge in [-0.2, -0.15) is 0 Å². The largest absolute Gasteiger partial charge is 0.393 e. The molecule has 0 rings (SSSR count). The summed E-state index contributed by atoms with van der Waals surface area (Å²) in [5.74, 6) is 0.472. The van der Waals surface area contributed by atoms with E-state index in [1.165, 1.54) is 0 Å². The molecule has 0 bridgehead atoms. The van der Waals surface area contributed by atoms with Crippen molar-refractivity contribution in [1.29, 1.82) is 0 Å². The number of ether oxygens (including phenoxy) is 1. The van der Waals surface area contributed by atoms with Crippen LogP contribution in [0.2, 0.25) is 0 Å². The average molecular weight is 146 g/mol. The van der Waals surface area contributed by atoms with Gasteiger partial charge in [-0.25, -0.2) is 0 Å². The number of aliphatic hydroxyl groups is 1. The van der Waals surface area contributed by atoms with Crippen LogP contribution >= 0.6 is 0 Å². The zero-order chi connectivity index (χ0) is 7.98. The van der Waals surface area contributed by atoms with Crippen molar-refractivity contribution in [2.24, 2.45) is 5.92 Å². The van der Waals surface area contributed by atoms with Gasteiger partial charge in [-0.05, 0) is 26.2 Å². The summed E-state index contributed by atoms with van der Waals surface area (Å²) in [5, 5.41) is 8.97. The summed E-state index contributed by atoms with van der Waals surface area (Å²) in [5.41, 5.74) is 0. The molecule has 2 heteroatoms. The Kier molecular flexibility index (Phi) is 5.64. The number of hydrogen-bond donors (Lipinski definition) is 1. The van der Waals surface area contributed by atoms with Crippen LogP contribution in [0.4, 0.5) is 0 Å². The first-order chi connectivity index (χ1) is 4.66. The number of aliphatic hydroxyl groups excluding tert-OH is 1. The first-order valence-electron chi connectivity index (χ1n) is 3.92. The summed E-state index contributed by atoms with van der Waals surface area (Å²) in [4.78, 5) is 0. The zero-order valence-corrected chi connectivity index (χ0v) is 7.13. The van der Waals surface area contributed by atoms with Crippen LogP contribution in [0.5, 0.6) is 0 Å². The second-order valence-corrected chi connectivity index (χ2v) is 2.85. The molecule has 0 saturated carbocycles. The van der Waals surface area contributed by atoms with Gasteiger partial charge in [0.25, 0.3) is 0 Å². The lowest BCUT2D eigenvalue weighted by atomic mass is 10.1. The van der Waals surface area contributed by atoms with Crippen LogP contribution in [0.25, 0.3) is 0 Å². The molecule has 1 N–H and O–H groups in total. The van der Waals surface area contributed by atoms with Gasteiger partial charge >= 0.3 is 0 Å². The molecule has 0 saturated heterocycles. The van der Waals surface area contributed by atoms with Crippen molar-refractivity contribution in [3.8, 4) is 0 Å². The summed E-state index contributed by atoms with van der Waals surface area (Å²) >= 11 is 0. The van der Waals surface area contributed by atoms with Crippen LogP contribution in [0.1, 0.15) is 27.2 Å². The Morgan fingerprint density at radius 2 is 2.00 bits per heavy atom. The highest BCUT2D eigenvalue weighted by Crippen LogP contribution is 2.05. The molecule has 2 atom stereocenters. The topological polar surface area (TPSA) is 29.5 Å². The van der Waals surface area contributed by atoms with Crippen LogP contribution in [0.15, 0.2) is 0 Å². The van der Waals surface area contributed by atoms with E-state index in [1.54, 1.807) is 0 Å². The van der Waals surface area contributed by atoms with Gasteiger partial charge in [-0.15, -0.1) is 0 Å². The predicted molar refractivity (Wildman–Crippen MR) is 42.0 cm³/mol. The Morgan fingerprint density at radius 3 is 2.40 bits per heavy atom. The third-order valence-corrected chi connectivity index (χ3v) is 1.35. The summed E-state index contributed by atoms with van der Waals surface area (Å²) in [6.07, 6.45) is 0.635. The van der Waals surface area contributed by atoms with Crippen molar-refractivity contribution in [3.05, 3.63) is 0 Å². The van der Waals surface area contributed by atoms with Gasteiger partial charge in [0.05, 0.1) is 6.10 Å². The molecule has 0 aromatic rings. The van der Waals surface area contributed by atoms with Gasteiger partial charge in [0, 0.05) is 13.2 Å². The molecule has 0 amide bonds. The Labute approximate surface area is 63.2 Å². The smallest absolute Gasteiger partial charge is 0.0515 e. The van der Waals surface area contributed by atoms with Crippen LogP contribution in [0.3, 0.4) is 0 Å². The van der Waals surface area contributed by atoms with Gasteiger partial charge < -0.3 is 9.84 Å². The fourth-order valence-electron chi connectivity index (χ4n) is 0.969. The van der Waals surface area contributed by atoms with E-state index in [-0.39, 0.29) is 6.10 Å². The van der Waals surface area contributed by atoms with E-state index in [2.05, 4.69) is 6.92 Å². The number of rotatable bonds is 5. The second kappa shape index (κ2) is 5.69. The lowest BCUT2D eigenvalue weighted by Crippen LogP contribution is -2.12. The fraction of sp³-hybridized carbons (Fsp3) is 1.00. The van der Waals surface area contributed by atoms with E-state index < -0.39 is 0 Å². The van der Waals surface area contributed by atoms with Crippen molar-refractivity contribution in [2.45, 2.75) is 33.3 Å². The molecule has 0 aromatic carbocycles. The normalized spacial score (nSPS) is 16.8. The highest BCUT2D eigenvalue weighted by molar-refractivity contribution is 4.55. The number of hydrogen-bond acceptors (Lipinski definition) is 2. The Hall–Kier alpha value is -0.0800. The van der Waals surface area contributed by atoms with Crippen molar-refractivity contribution in [3.63, 3.8) is 0 Å². The third kappa shape index (κ3) is 6.05. The SMILES string of the molecule is CCOCC(C)CC(C)O. The summed E-state index contributed by atoms with van der Waals surface area (Å²) in [6, 6.07) is 0. The van der Waals surface area contributed by atoms with E-state index in [9.17, 15) is 0 Å². The molecule has 2 nitrogen and oxygen atoms in total. The molecule has 0 aliphatic rings. The van der Waals surface area contributed by atoms with Crippen LogP contribution < -0.4 is 0 Å². The Bertz CT molecular complexity index is 71.7. The molecule has 62 valence electrons. The minimum Gasteiger partial charge on any atom is -0.393 e. The third-order valence-electron chi connectivity index (χ3n) is 1.35. The molecule has 0 heterocycles.